The van der Waals surface area contributed by atoms with Gasteiger partial charge >= 0.3 is 17.8 Å². The molecule has 0 spiro atoms. The summed E-state index contributed by atoms with van der Waals surface area (Å²) in [4.78, 5) is 25.7. The van der Waals surface area contributed by atoms with Crippen molar-refractivity contribution in [2.45, 2.75) is 45.0 Å². The Labute approximate surface area is 132 Å². The van der Waals surface area contributed by atoms with Crippen molar-refractivity contribution >= 4 is 17.8 Å². The fourth-order valence-electron chi connectivity index (χ4n) is 2.15. The van der Waals surface area contributed by atoms with Crippen molar-refractivity contribution in [3.05, 3.63) is 23.5 Å². The van der Waals surface area contributed by atoms with Crippen LogP contribution >= 0.6 is 0 Å². The van der Waals surface area contributed by atoms with Crippen molar-refractivity contribution in [2.75, 3.05) is 11.4 Å². The van der Waals surface area contributed by atoms with Crippen LogP contribution in [0.25, 0.3) is 0 Å². The summed E-state index contributed by atoms with van der Waals surface area (Å²) >= 11 is 0. The van der Waals surface area contributed by atoms with Crippen molar-refractivity contribution in [3.8, 4) is 0 Å². The topological polar surface area (TPSA) is 98.5 Å². The number of hydrogen-bond acceptors (Lipinski definition) is 6. The Morgan fingerprint density at radius 2 is 2.22 bits per heavy atom. The van der Waals surface area contributed by atoms with E-state index in [1.54, 1.807) is 20.8 Å². The highest BCUT2D eigenvalue weighted by Crippen LogP contribution is 2.19. The number of hydrogen-bond donors (Lipinski definition) is 1. The number of nitrogens with one attached hydrogen (secondary N) is 1. The van der Waals surface area contributed by atoms with Gasteiger partial charge in [0, 0.05) is 19.0 Å². The third kappa shape index (κ3) is 4.13. The van der Waals surface area contributed by atoms with Gasteiger partial charge in [-0.2, -0.15) is 4.79 Å². The molecule has 2 heterocycles. The molecule has 23 heavy (non-hydrogen) atoms. The Bertz CT molecular complexity index is 605. The molecular formula is C14H19FN4O4. The quantitative estimate of drug-likeness (QED) is 0.634. The Kier molecular flexibility index (Phi) is 4.79. The Morgan fingerprint density at radius 1 is 1.52 bits per heavy atom. The zero-order valence-electron chi connectivity index (χ0n) is 13.2. The van der Waals surface area contributed by atoms with Gasteiger partial charge in [-0.1, -0.05) is 10.00 Å². The molecule has 1 saturated heterocycles. The van der Waals surface area contributed by atoms with Gasteiger partial charge in [-0.05, 0) is 26.8 Å². The molecule has 0 unspecified atom stereocenters. The van der Waals surface area contributed by atoms with Gasteiger partial charge in [0.2, 0.25) is 0 Å². The molecule has 1 fully saturated rings. The van der Waals surface area contributed by atoms with Crippen LogP contribution in [0.3, 0.4) is 0 Å². The van der Waals surface area contributed by atoms with Gasteiger partial charge < -0.3 is 15.3 Å². The number of imide groups is 1. The van der Waals surface area contributed by atoms with E-state index >= 15 is 0 Å². The van der Waals surface area contributed by atoms with Gasteiger partial charge in [-0.15, -0.1) is 4.85 Å². The van der Waals surface area contributed by atoms with Crippen LogP contribution in [-0.2, 0) is 9.53 Å². The second kappa shape index (κ2) is 6.45. The first-order valence-electron chi connectivity index (χ1n) is 7.18. The molecule has 0 aromatic carbocycles. The van der Waals surface area contributed by atoms with Crippen molar-refractivity contribution < 1.29 is 23.6 Å². The fourth-order valence-corrected chi connectivity index (χ4v) is 2.15. The summed E-state index contributed by atoms with van der Waals surface area (Å²) in [7, 11) is 0. The maximum atomic E-state index is 13.3. The van der Waals surface area contributed by atoms with Crippen molar-refractivity contribution in [1.29, 1.82) is 0 Å². The van der Waals surface area contributed by atoms with Crippen LogP contribution in [0.4, 0.5) is 15.0 Å². The molecule has 2 atom stereocenters. The van der Waals surface area contributed by atoms with Gasteiger partial charge in [0.1, 0.15) is 17.8 Å². The van der Waals surface area contributed by atoms with Gasteiger partial charge in [0.05, 0.1) is 6.20 Å². The molecule has 1 aliphatic heterocycles. The zero-order chi connectivity index (χ0) is 17.2. The first-order valence-corrected chi connectivity index (χ1v) is 7.18. The summed E-state index contributed by atoms with van der Waals surface area (Å²) in [5.41, 5.74) is -0.864. The molecule has 0 bridgehead atoms. The van der Waals surface area contributed by atoms with E-state index in [0.717, 1.165) is 0 Å². The van der Waals surface area contributed by atoms with E-state index in [4.69, 9.17) is 4.74 Å². The van der Waals surface area contributed by atoms with E-state index in [2.05, 4.69) is 10.4 Å². The Morgan fingerprint density at radius 3 is 2.74 bits per heavy atom. The van der Waals surface area contributed by atoms with Gasteiger partial charge in [-0.3, -0.25) is 0 Å². The lowest BCUT2D eigenvalue weighted by molar-refractivity contribution is -0.655. The lowest BCUT2D eigenvalue weighted by Crippen LogP contribution is -2.53. The molecule has 126 valence electrons. The number of carbonyl (C=O) groups is 2. The normalized spacial score (nSPS) is 21.0. The monoisotopic (exact) mass is 326 g/mol. The number of alkyl halides is 1. The summed E-state index contributed by atoms with van der Waals surface area (Å²) in [6.07, 6.45) is -1.04. The maximum absolute atomic E-state index is 13.3. The third-order valence-corrected chi connectivity index (χ3v) is 3.10. The van der Waals surface area contributed by atoms with Crippen LogP contribution in [0.15, 0.2) is 18.3 Å². The predicted molar refractivity (Wildman–Crippen MR) is 78.2 cm³/mol. The summed E-state index contributed by atoms with van der Waals surface area (Å²) in [5.74, 6) is -1.05. The summed E-state index contributed by atoms with van der Waals surface area (Å²) < 4.78 is 18.5. The highest BCUT2D eigenvalue weighted by Gasteiger charge is 2.44. The van der Waals surface area contributed by atoms with Crippen molar-refractivity contribution in [2.24, 2.45) is 0 Å². The molecule has 2 amide bonds. The largest absolute Gasteiger partial charge is 0.691 e. The molecule has 0 radical (unpaired) electrons. The molecule has 9 heteroatoms. The lowest BCUT2D eigenvalue weighted by atomic mass is 10.2. The van der Waals surface area contributed by atoms with Crippen LogP contribution in [0.5, 0.6) is 0 Å². The lowest BCUT2D eigenvalue weighted by Gasteiger charge is -2.23. The molecule has 1 N–H and O–H groups in total. The number of amides is 2. The van der Waals surface area contributed by atoms with E-state index in [1.165, 1.54) is 18.3 Å². The van der Waals surface area contributed by atoms with Crippen LogP contribution in [0, 0.1) is 5.21 Å². The molecule has 1 aliphatic rings. The third-order valence-electron chi connectivity index (χ3n) is 3.10. The van der Waals surface area contributed by atoms with Gasteiger partial charge in [0.25, 0.3) is 0 Å². The number of aromatic nitrogens is 2. The van der Waals surface area contributed by atoms with E-state index in [1.807, 2.05) is 0 Å². The SMILES string of the molecule is CC(C)(C)OC(=O)N(C(=O)[C@@H]1C[C@@H](F)CN1)c1cccn[n+]1[O-]. The standard InChI is InChI=1S/C14H19FN4O4/c1-14(2,3)23-13(21)18(11-5-4-6-17-19(11)22)12(20)10-7-9(15)8-16-10/h4-6,9-10,16H,7-8H2,1-3H3/t9-,10+/m1/s1. The van der Waals surface area contributed by atoms with Crippen LogP contribution in [0.1, 0.15) is 27.2 Å². The molecular weight excluding hydrogens is 307 g/mol. The second-order valence-corrected chi connectivity index (χ2v) is 6.20. The number of ether oxygens (including phenoxy) is 1. The average molecular weight is 326 g/mol. The first-order chi connectivity index (χ1) is 10.7. The summed E-state index contributed by atoms with van der Waals surface area (Å²) in [5, 5.41) is 18.0. The highest BCUT2D eigenvalue weighted by atomic mass is 19.1. The van der Waals surface area contributed by atoms with Gasteiger partial charge in [0.15, 0.2) is 0 Å². The number of carbonyl (C=O) groups excluding carboxylic acids is 2. The van der Waals surface area contributed by atoms with E-state index < -0.39 is 29.8 Å². The number of rotatable bonds is 2. The van der Waals surface area contributed by atoms with E-state index in [9.17, 15) is 19.2 Å². The fraction of sp³-hybridized carbons (Fsp3) is 0.571. The molecule has 0 aliphatic carbocycles. The second-order valence-electron chi connectivity index (χ2n) is 6.20. The zero-order valence-corrected chi connectivity index (χ0v) is 13.2. The maximum Gasteiger partial charge on any atom is 0.515 e. The Hall–Kier alpha value is -2.29. The van der Waals surface area contributed by atoms with Gasteiger partial charge in [-0.25, -0.2) is 9.18 Å². The van der Waals surface area contributed by atoms with Crippen molar-refractivity contribution in [3.63, 3.8) is 0 Å². The average Bonchev–Trinajstić information content (AvgIpc) is 2.86. The smallest absolute Gasteiger partial charge is 0.515 e. The highest BCUT2D eigenvalue weighted by molar-refractivity contribution is 6.13. The number of anilines is 1. The van der Waals surface area contributed by atoms with Crippen LogP contribution in [-0.4, -0.2) is 41.5 Å². The van der Waals surface area contributed by atoms with Crippen LogP contribution < -0.4 is 15.1 Å². The summed E-state index contributed by atoms with van der Waals surface area (Å²) in [6.45, 7) is 4.91. The minimum absolute atomic E-state index is 0.0168. The first kappa shape index (κ1) is 17.1. The van der Waals surface area contributed by atoms with Crippen molar-refractivity contribution in [1.82, 2.24) is 10.4 Å². The van der Waals surface area contributed by atoms with Crippen LogP contribution in [0.2, 0.25) is 0 Å². The molecule has 0 saturated carbocycles. The Balaban J connectivity index is 2.33. The molecule has 1 aromatic rings. The van der Waals surface area contributed by atoms with E-state index in [-0.39, 0.29) is 23.6 Å². The van der Waals surface area contributed by atoms with E-state index in [0.29, 0.717) is 4.90 Å². The molecule has 2 rings (SSSR count). The number of nitrogens with zero attached hydrogens (tertiary/aromatic N) is 3. The number of halogens is 1. The minimum atomic E-state index is -1.18. The molecule has 1 aromatic heterocycles. The molecule has 8 nitrogen and oxygen atoms in total. The summed E-state index contributed by atoms with van der Waals surface area (Å²) in [6, 6.07) is 1.77. The minimum Gasteiger partial charge on any atom is -0.691 e. The predicted octanol–water partition coefficient (Wildman–Crippen LogP) is 0.683.